The zero-order chi connectivity index (χ0) is 10.6. The first-order chi connectivity index (χ1) is 6.49. The molecule has 1 rings (SSSR count). The van der Waals surface area contributed by atoms with Gasteiger partial charge in [0.25, 0.3) is 0 Å². The van der Waals surface area contributed by atoms with E-state index < -0.39 is 9.84 Å². The molecular weight excluding hydrogens is 198 g/mol. The van der Waals surface area contributed by atoms with Crippen LogP contribution < -0.4 is 5.32 Å². The van der Waals surface area contributed by atoms with Gasteiger partial charge >= 0.3 is 0 Å². The van der Waals surface area contributed by atoms with Crippen LogP contribution in [0.1, 0.15) is 33.1 Å². The number of hydrogen-bond donors (Lipinski definition) is 1. The van der Waals surface area contributed by atoms with E-state index in [-0.39, 0.29) is 0 Å². The summed E-state index contributed by atoms with van der Waals surface area (Å²) in [4.78, 5) is 0. The quantitative estimate of drug-likeness (QED) is 0.700. The van der Waals surface area contributed by atoms with Gasteiger partial charge in [0, 0.05) is 12.6 Å². The Balaban J connectivity index is 2.12. The third-order valence-electron chi connectivity index (χ3n) is 2.43. The molecular formula is C10H21NO2S. The topological polar surface area (TPSA) is 46.2 Å². The van der Waals surface area contributed by atoms with Crippen LogP contribution >= 0.6 is 0 Å². The molecule has 0 atom stereocenters. The minimum atomic E-state index is -2.81. The van der Waals surface area contributed by atoms with Gasteiger partial charge in [0.2, 0.25) is 0 Å². The van der Waals surface area contributed by atoms with Crippen LogP contribution in [0.25, 0.3) is 0 Å². The summed E-state index contributed by atoms with van der Waals surface area (Å²) < 4.78 is 23.0. The van der Waals surface area contributed by atoms with E-state index in [1.807, 2.05) is 0 Å². The van der Waals surface area contributed by atoms with Gasteiger partial charge < -0.3 is 5.32 Å². The minimum absolute atomic E-state index is 0.302. The molecule has 0 amide bonds. The van der Waals surface area contributed by atoms with E-state index in [0.29, 0.717) is 30.0 Å². The third-order valence-corrected chi connectivity index (χ3v) is 4.11. The van der Waals surface area contributed by atoms with Gasteiger partial charge in [-0.2, -0.15) is 0 Å². The first-order valence-electron chi connectivity index (χ1n) is 5.43. The van der Waals surface area contributed by atoms with Gasteiger partial charge in [-0.15, -0.1) is 0 Å². The number of rotatable bonds is 7. The number of nitrogens with one attached hydrogen (secondary N) is 1. The molecule has 0 aromatic heterocycles. The molecule has 84 valence electrons. The van der Waals surface area contributed by atoms with Crippen molar-refractivity contribution in [3.05, 3.63) is 0 Å². The summed E-state index contributed by atoms with van der Waals surface area (Å²) in [5.41, 5.74) is 0. The Morgan fingerprint density at radius 1 is 1.29 bits per heavy atom. The molecule has 0 unspecified atom stereocenters. The van der Waals surface area contributed by atoms with E-state index in [1.165, 1.54) is 12.8 Å². The Bertz CT molecular complexity index is 255. The van der Waals surface area contributed by atoms with Crippen molar-refractivity contribution in [3.8, 4) is 0 Å². The summed E-state index contributed by atoms with van der Waals surface area (Å²) in [5.74, 6) is 1.12. The lowest BCUT2D eigenvalue weighted by molar-refractivity contribution is 0.570. The van der Waals surface area contributed by atoms with Crippen molar-refractivity contribution in [3.63, 3.8) is 0 Å². The summed E-state index contributed by atoms with van der Waals surface area (Å²) in [6.07, 6.45) is 3.21. The second-order valence-corrected chi connectivity index (χ2v) is 6.87. The fraction of sp³-hybridized carbons (Fsp3) is 1.00. The van der Waals surface area contributed by atoms with Crippen molar-refractivity contribution in [2.24, 2.45) is 5.92 Å². The van der Waals surface area contributed by atoms with E-state index in [1.54, 1.807) is 0 Å². The summed E-state index contributed by atoms with van der Waals surface area (Å²) >= 11 is 0. The summed E-state index contributed by atoms with van der Waals surface area (Å²) in [5, 5.41) is 3.22. The van der Waals surface area contributed by atoms with E-state index in [4.69, 9.17) is 0 Å². The molecule has 1 aliphatic carbocycles. The van der Waals surface area contributed by atoms with Crippen LogP contribution in [0.3, 0.4) is 0 Å². The van der Waals surface area contributed by atoms with Crippen molar-refractivity contribution < 1.29 is 8.42 Å². The van der Waals surface area contributed by atoms with E-state index >= 15 is 0 Å². The number of hydrogen-bond acceptors (Lipinski definition) is 3. The first-order valence-corrected chi connectivity index (χ1v) is 7.25. The predicted molar refractivity (Wildman–Crippen MR) is 59.1 cm³/mol. The van der Waals surface area contributed by atoms with E-state index in [0.717, 1.165) is 6.42 Å². The van der Waals surface area contributed by atoms with Gasteiger partial charge in [-0.25, -0.2) is 8.42 Å². The lowest BCUT2D eigenvalue weighted by atomic mass is 10.2. The maximum atomic E-state index is 11.5. The van der Waals surface area contributed by atoms with Crippen LogP contribution in [-0.4, -0.2) is 32.5 Å². The second-order valence-electron chi connectivity index (χ2n) is 4.56. The first kappa shape index (κ1) is 12.0. The average molecular weight is 219 g/mol. The predicted octanol–water partition coefficient (Wildman–Crippen LogP) is 1.20. The Hall–Kier alpha value is -0.0900. The Kier molecular flexibility index (Phi) is 4.38. The maximum absolute atomic E-state index is 11.5. The zero-order valence-electron chi connectivity index (χ0n) is 9.12. The lowest BCUT2D eigenvalue weighted by Gasteiger charge is -2.06. The molecule has 1 aliphatic rings. The molecule has 0 saturated heterocycles. The van der Waals surface area contributed by atoms with Crippen LogP contribution in [0.2, 0.25) is 0 Å². The number of sulfone groups is 1. The van der Waals surface area contributed by atoms with Crippen LogP contribution in [0, 0.1) is 5.92 Å². The van der Waals surface area contributed by atoms with Crippen LogP contribution in [0.4, 0.5) is 0 Å². The highest BCUT2D eigenvalue weighted by molar-refractivity contribution is 7.91. The standard InChI is InChI=1S/C10H21NO2S/c1-9(2)5-7-14(12,13)8-6-11-10-3-4-10/h9-11H,3-8H2,1-2H3. The Labute approximate surface area is 87.2 Å². The van der Waals surface area contributed by atoms with Crippen molar-refractivity contribution >= 4 is 9.84 Å². The monoisotopic (exact) mass is 219 g/mol. The van der Waals surface area contributed by atoms with Gasteiger partial charge in [0.05, 0.1) is 11.5 Å². The molecule has 0 aromatic carbocycles. The van der Waals surface area contributed by atoms with Gasteiger partial charge in [-0.05, 0) is 25.2 Å². The highest BCUT2D eigenvalue weighted by atomic mass is 32.2. The summed E-state index contributed by atoms with van der Waals surface area (Å²) in [6.45, 7) is 4.74. The fourth-order valence-corrected chi connectivity index (χ4v) is 2.69. The highest BCUT2D eigenvalue weighted by Crippen LogP contribution is 2.18. The van der Waals surface area contributed by atoms with Crippen LogP contribution in [-0.2, 0) is 9.84 Å². The van der Waals surface area contributed by atoms with Crippen LogP contribution in [0.15, 0.2) is 0 Å². The minimum Gasteiger partial charge on any atom is -0.313 e. The van der Waals surface area contributed by atoms with Crippen molar-refractivity contribution in [2.45, 2.75) is 39.2 Å². The molecule has 1 N–H and O–H groups in total. The van der Waals surface area contributed by atoms with Crippen molar-refractivity contribution in [1.82, 2.24) is 5.32 Å². The normalized spacial score (nSPS) is 17.6. The highest BCUT2D eigenvalue weighted by Gasteiger charge is 2.21. The summed E-state index contributed by atoms with van der Waals surface area (Å²) in [6, 6.07) is 0.607. The van der Waals surface area contributed by atoms with E-state index in [9.17, 15) is 8.42 Å². The molecule has 1 fully saturated rings. The Morgan fingerprint density at radius 3 is 2.43 bits per heavy atom. The molecule has 0 aromatic rings. The molecule has 1 saturated carbocycles. The second kappa shape index (κ2) is 5.12. The summed E-state index contributed by atoms with van der Waals surface area (Å²) in [7, 11) is -2.81. The molecule has 3 nitrogen and oxygen atoms in total. The largest absolute Gasteiger partial charge is 0.313 e. The Morgan fingerprint density at radius 2 is 1.93 bits per heavy atom. The van der Waals surface area contributed by atoms with Gasteiger partial charge in [-0.1, -0.05) is 13.8 Å². The SMILES string of the molecule is CC(C)CCS(=O)(=O)CCNC1CC1. The van der Waals surface area contributed by atoms with Crippen molar-refractivity contribution in [2.75, 3.05) is 18.1 Å². The zero-order valence-corrected chi connectivity index (χ0v) is 9.94. The molecule has 0 bridgehead atoms. The van der Waals surface area contributed by atoms with Gasteiger partial charge in [0.15, 0.2) is 9.84 Å². The molecule has 4 heteroatoms. The molecule has 0 aliphatic heterocycles. The third kappa shape index (κ3) is 5.60. The fourth-order valence-electron chi connectivity index (χ4n) is 1.22. The maximum Gasteiger partial charge on any atom is 0.151 e. The smallest absolute Gasteiger partial charge is 0.151 e. The van der Waals surface area contributed by atoms with Crippen molar-refractivity contribution in [1.29, 1.82) is 0 Å². The molecule has 14 heavy (non-hydrogen) atoms. The molecule has 0 radical (unpaired) electrons. The average Bonchev–Trinajstić information content (AvgIpc) is 2.85. The molecule has 0 spiro atoms. The van der Waals surface area contributed by atoms with E-state index in [2.05, 4.69) is 19.2 Å². The molecule has 0 heterocycles. The van der Waals surface area contributed by atoms with Gasteiger partial charge in [0.1, 0.15) is 0 Å². The van der Waals surface area contributed by atoms with Gasteiger partial charge in [-0.3, -0.25) is 0 Å². The lowest BCUT2D eigenvalue weighted by Crippen LogP contribution is -2.26. The van der Waals surface area contributed by atoms with Crippen LogP contribution in [0.5, 0.6) is 0 Å².